The molecular formula is C9H11BrClNO. The van der Waals surface area contributed by atoms with Crippen LogP contribution in [0, 0.1) is 0 Å². The van der Waals surface area contributed by atoms with Crippen molar-refractivity contribution >= 4 is 27.5 Å². The lowest BCUT2D eigenvalue weighted by Crippen LogP contribution is -2.12. The maximum atomic E-state index is 8.71. The third-order valence-corrected chi connectivity index (χ3v) is 2.62. The van der Waals surface area contributed by atoms with Crippen LogP contribution < -0.4 is 5.73 Å². The van der Waals surface area contributed by atoms with E-state index in [1.54, 1.807) is 6.07 Å². The van der Waals surface area contributed by atoms with Gasteiger partial charge in [0.05, 0.1) is 0 Å². The summed E-state index contributed by atoms with van der Waals surface area (Å²) in [5.41, 5.74) is 6.67. The second-order valence-electron chi connectivity index (χ2n) is 2.78. The average Bonchev–Trinajstić information content (AvgIpc) is 2.04. The van der Waals surface area contributed by atoms with E-state index in [9.17, 15) is 0 Å². The fourth-order valence-electron chi connectivity index (χ4n) is 1.10. The molecule has 0 aliphatic heterocycles. The standard InChI is InChI=1S/C9H11BrClNO/c10-6-1-2-7(8(11)5-6)9(12)3-4-13/h1-2,5,9,13H,3-4,12H2. The van der Waals surface area contributed by atoms with Crippen LogP contribution in [0.15, 0.2) is 22.7 Å². The summed E-state index contributed by atoms with van der Waals surface area (Å²) in [6.45, 7) is 0.0769. The van der Waals surface area contributed by atoms with Gasteiger partial charge in [0.1, 0.15) is 0 Å². The Morgan fingerprint density at radius 3 is 2.77 bits per heavy atom. The smallest absolute Gasteiger partial charge is 0.0464 e. The van der Waals surface area contributed by atoms with Gasteiger partial charge >= 0.3 is 0 Å². The molecule has 0 saturated heterocycles. The first-order valence-electron chi connectivity index (χ1n) is 3.96. The summed E-state index contributed by atoms with van der Waals surface area (Å²) in [7, 11) is 0. The fraction of sp³-hybridized carbons (Fsp3) is 0.333. The second kappa shape index (κ2) is 4.96. The van der Waals surface area contributed by atoms with Crippen molar-refractivity contribution in [1.82, 2.24) is 0 Å². The highest BCUT2D eigenvalue weighted by Gasteiger charge is 2.09. The van der Waals surface area contributed by atoms with E-state index in [0.717, 1.165) is 10.0 Å². The molecule has 1 atom stereocenters. The van der Waals surface area contributed by atoms with Gasteiger partial charge in [0, 0.05) is 22.1 Å². The average molecular weight is 265 g/mol. The van der Waals surface area contributed by atoms with Crippen molar-refractivity contribution in [3.63, 3.8) is 0 Å². The molecule has 13 heavy (non-hydrogen) atoms. The zero-order chi connectivity index (χ0) is 9.84. The molecule has 0 fully saturated rings. The van der Waals surface area contributed by atoms with E-state index in [0.29, 0.717) is 11.4 Å². The van der Waals surface area contributed by atoms with E-state index in [1.165, 1.54) is 0 Å². The molecule has 2 nitrogen and oxygen atoms in total. The molecule has 0 amide bonds. The Morgan fingerprint density at radius 2 is 2.23 bits per heavy atom. The predicted octanol–water partition coefficient (Wildman–Crippen LogP) is 2.48. The first-order chi connectivity index (χ1) is 6.15. The van der Waals surface area contributed by atoms with Gasteiger partial charge in [-0.15, -0.1) is 0 Å². The number of benzene rings is 1. The molecular weight excluding hydrogens is 253 g/mol. The van der Waals surface area contributed by atoms with Gasteiger partial charge in [-0.1, -0.05) is 33.6 Å². The molecule has 1 aromatic carbocycles. The maximum Gasteiger partial charge on any atom is 0.0464 e. The molecule has 0 aliphatic carbocycles. The number of halogens is 2. The van der Waals surface area contributed by atoms with Crippen LogP contribution in [0.4, 0.5) is 0 Å². The van der Waals surface area contributed by atoms with E-state index in [-0.39, 0.29) is 12.6 Å². The summed E-state index contributed by atoms with van der Waals surface area (Å²) in [6.07, 6.45) is 0.529. The SMILES string of the molecule is NC(CCO)c1ccc(Br)cc1Cl. The number of aliphatic hydroxyl groups excluding tert-OH is 1. The summed E-state index contributed by atoms with van der Waals surface area (Å²) in [4.78, 5) is 0. The highest BCUT2D eigenvalue weighted by molar-refractivity contribution is 9.10. The zero-order valence-corrected chi connectivity index (χ0v) is 9.35. The third kappa shape index (κ3) is 2.95. The predicted molar refractivity (Wildman–Crippen MR) is 57.8 cm³/mol. The van der Waals surface area contributed by atoms with Crippen LogP contribution in [-0.2, 0) is 0 Å². The van der Waals surface area contributed by atoms with Crippen LogP contribution in [0.25, 0.3) is 0 Å². The molecule has 1 aromatic rings. The fourth-order valence-corrected chi connectivity index (χ4v) is 1.91. The summed E-state index contributed by atoms with van der Waals surface area (Å²) >= 11 is 9.28. The molecule has 0 saturated carbocycles. The molecule has 0 bridgehead atoms. The van der Waals surface area contributed by atoms with Crippen LogP contribution >= 0.6 is 27.5 Å². The van der Waals surface area contributed by atoms with Crippen molar-refractivity contribution in [3.8, 4) is 0 Å². The van der Waals surface area contributed by atoms with E-state index in [2.05, 4.69) is 15.9 Å². The first-order valence-corrected chi connectivity index (χ1v) is 5.13. The highest BCUT2D eigenvalue weighted by Crippen LogP contribution is 2.26. The van der Waals surface area contributed by atoms with Crippen molar-refractivity contribution in [2.45, 2.75) is 12.5 Å². The van der Waals surface area contributed by atoms with Crippen molar-refractivity contribution in [3.05, 3.63) is 33.3 Å². The van der Waals surface area contributed by atoms with Crippen LogP contribution in [0.2, 0.25) is 5.02 Å². The zero-order valence-electron chi connectivity index (χ0n) is 7.00. The molecule has 1 rings (SSSR count). The second-order valence-corrected chi connectivity index (χ2v) is 4.11. The van der Waals surface area contributed by atoms with Gasteiger partial charge in [-0.05, 0) is 24.1 Å². The first kappa shape index (κ1) is 11.0. The van der Waals surface area contributed by atoms with Gasteiger partial charge in [0.2, 0.25) is 0 Å². The Morgan fingerprint density at radius 1 is 1.54 bits per heavy atom. The minimum absolute atomic E-state index is 0.0769. The van der Waals surface area contributed by atoms with Crippen LogP contribution in [0.5, 0.6) is 0 Å². The lowest BCUT2D eigenvalue weighted by Gasteiger charge is -2.12. The van der Waals surface area contributed by atoms with Crippen LogP contribution in [0.1, 0.15) is 18.0 Å². The lowest BCUT2D eigenvalue weighted by atomic mass is 10.1. The van der Waals surface area contributed by atoms with Gasteiger partial charge in [-0.3, -0.25) is 0 Å². The van der Waals surface area contributed by atoms with E-state index >= 15 is 0 Å². The van der Waals surface area contributed by atoms with Crippen LogP contribution in [0.3, 0.4) is 0 Å². The molecule has 3 N–H and O–H groups in total. The quantitative estimate of drug-likeness (QED) is 0.881. The Bertz CT molecular complexity index is 293. The van der Waals surface area contributed by atoms with Crippen molar-refractivity contribution in [2.24, 2.45) is 5.73 Å². The number of hydrogen-bond acceptors (Lipinski definition) is 2. The van der Waals surface area contributed by atoms with Gasteiger partial charge in [-0.2, -0.15) is 0 Å². The minimum atomic E-state index is -0.189. The van der Waals surface area contributed by atoms with Crippen molar-refractivity contribution in [1.29, 1.82) is 0 Å². The number of rotatable bonds is 3. The molecule has 0 radical (unpaired) electrons. The molecule has 72 valence electrons. The van der Waals surface area contributed by atoms with E-state index < -0.39 is 0 Å². The highest BCUT2D eigenvalue weighted by atomic mass is 79.9. The molecule has 0 spiro atoms. The maximum absolute atomic E-state index is 8.71. The van der Waals surface area contributed by atoms with Gasteiger partial charge < -0.3 is 10.8 Å². The largest absolute Gasteiger partial charge is 0.396 e. The Balaban J connectivity index is 2.88. The van der Waals surface area contributed by atoms with E-state index in [4.69, 9.17) is 22.4 Å². The monoisotopic (exact) mass is 263 g/mol. The van der Waals surface area contributed by atoms with Crippen molar-refractivity contribution < 1.29 is 5.11 Å². The topological polar surface area (TPSA) is 46.2 Å². The number of aliphatic hydroxyl groups is 1. The normalized spacial score (nSPS) is 12.9. The summed E-state index contributed by atoms with van der Waals surface area (Å²) in [5, 5.41) is 9.35. The summed E-state index contributed by atoms with van der Waals surface area (Å²) in [6, 6.07) is 5.37. The van der Waals surface area contributed by atoms with Gasteiger partial charge in [0.25, 0.3) is 0 Å². The summed E-state index contributed by atoms with van der Waals surface area (Å²) < 4.78 is 0.928. The molecule has 1 unspecified atom stereocenters. The van der Waals surface area contributed by atoms with E-state index in [1.807, 2.05) is 12.1 Å². The van der Waals surface area contributed by atoms with Crippen molar-refractivity contribution in [2.75, 3.05) is 6.61 Å². The third-order valence-electron chi connectivity index (χ3n) is 1.80. The Labute approximate surface area is 90.8 Å². The molecule has 0 aliphatic rings. The Kier molecular flexibility index (Phi) is 4.19. The molecule has 0 heterocycles. The minimum Gasteiger partial charge on any atom is -0.396 e. The summed E-state index contributed by atoms with van der Waals surface area (Å²) in [5.74, 6) is 0. The van der Waals surface area contributed by atoms with Gasteiger partial charge in [-0.25, -0.2) is 0 Å². The Hall–Kier alpha value is -0.0900. The van der Waals surface area contributed by atoms with Crippen LogP contribution in [-0.4, -0.2) is 11.7 Å². The van der Waals surface area contributed by atoms with Gasteiger partial charge in [0.15, 0.2) is 0 Å². The number of hydrogen-bond donors (Lipinski definition) is 2. The number of nitrogens with two attached hydrogens (primary N) is 1. The lowest BCUT2D eigenvalue weighted by molar-refractivity contribution is 0.276. The molecule has 0 aromatic heterocycles. The molecule has 4 heteroatoms.